The minimum Gasteiger partial charge on any atom is -0.352 e. The van der Waals surface area contributed by atoms with Crippen molar-refractivity contribution in [3.63, 3.8) is 0 Å². The first kappa shape index (κ1) is 25.0. The topological polar surface area (TPSA) is 72.2 Å². The molecule has 2 aromatic carbocycles. The van der Waals surface area contributed by atoms with Gasteiger partial charge in [-0.3, -0.25) is 14.4 Å². The van der Waals surface area contributed by atoms with Gasteiger partial charge >= 0.3 is 0 Å². The molecule has 0 saturated carbocycles. The van der Waals surface area contributed by atoms with E-state index in [2.05, 4.69) is 33.1 Å². The van der Waals surface area contributed by atoms with Crippen molar-refractivity contribution >= 4 is 57.8 Å². The third kappa shape index (κ3) is 4.93. The first-order valence-electron chi connectivity index (χ1n) is 11.6. The van der Waals surface area contributed by atoms with Crippen LogP contribution in [0.5, 0.6) is 0 Å². The van der Waals surface area contributed by atoms with E-state index in [1.54, 1.807) is 29.5 Å². The summed E-state index contributed by atoms with van der Waals surface area (Å²) in [7, 11) is 0. The van der Waals surface area contributed by atoms with Crippen LogP contribution in [0.15, 0.2) is 53.5 Å². The van der Waals surface area contributed by atoms with Crippen molar-refractivity contribution in [3.05, 3.63) is 96.8 Å². The number of thiophene rings is 1. The summed E-state index contributed by atoms with van der Waals surface area (Å²) in [5.41, 5.74) is 3.29. The van der Waals surface area contributed by atoms with Gasteiger partial charge in [-0.15, -0.1) is 21.5 Å². The van der Waals surface area contributed by atoms with Gasteiger partial charge < -0.3 is 5.32 Å². The van der Waals surface area contributed by atoms with Crippen molar-refractivity contribution in [2.24, 2.45) is 4.99 Å². The fourth-order valence-electron chi connectivity index (χ4n) is 4.10. The second-order valence-electron chi connectivity index (χ2n) is 8.29. The van der Waals surface area contributed by atoms with Crippen LogP contribution >= 0.6 is 46.1 Å². The van der Waals surface area contributed by atoms with Gasteiger partial charge in [0.1, 0.15) is 17.4 Å². The second-order valence-corrected chi connectivity index (χ2v) is 10.6. The number of fused-ring (bicyclic) bond motifs is 3. The zero-order valence-electron chi connectivity index (χ0n) is 19.4. The normalized spacial score (nSPS) is 12.5. The molecule has 4 aromatic rings. The predicted octanol–water partition coefficient (Wildman–Crippen LogP) is 6.57. The lowest BCUT2D eigenvalue weighted by atomic mass is 10.0. The van der Waals surface area contributed by atoms with Gasteiger partial charge in [0, 0.05) is 39.6 Å². The molecule has 0 spiro atoms. The summed E-state index contributed by atoms with van der Waals surface area (Å²) in [6.45, 7) is 3.03. The van der Waals surface area contributed by atoms with Crippen LogP contribution in [0, 0.1) is 0 Å². The number of carbonyl (C=O) groups is 1. The molecule has 1 aliphatic rings. The molecule has 2 aromatic heterocycles. The molecular weight excluding hydrogens is 537 g/mol. The van der Waals surface area contributed by atoms with Gasteiger partial charge in [0.05, 0.1) is 15.8 Å². The maximum atomic E-state index is 12.5. The molecule has 5 rings (SSSR count). The fraction of sp³-hybridized carbons (Fsp3) is 0.231. The molecule has 0 radical (unpaired) electrons. The quantitative estimate of drug-likeness (QED) is 0.261. The van der Waals surface area contributed by atoms with Crippen LogP contribution in [-0.2, 0) is 19.4 Å². The number of aliphatic imine (C=N–C) groups is 1. The molecular formula is C26H22Cl3N5OS. The highest BCUT2D eigenvalue weighted by Crippen LogP contribution is 2.35. The molecule has 36 heavy (non-hydrogen) atoms. The van der Waals surface area contributed by atoms with Crippen LogP contribution in [0.4, 0.5) is 0 Å². The van der Waals surface area contributed by atoms with Crippen LogP contribution in [0.1, 0.15) is 51.4 Å². The van der Waals surface area contributed by atoms with Crippen LogP contribution in [0.3, 0.4) is 0 Å². The minimum absolute atomic E-state index is 0.195. The number of halogens is 3. The van der Waals surface area contributed by atoms with E-state index in [1.165, 1.54) is 4.88 Å². The lowest BCUT2D eigenvalue weighted by molar-refractivity contribution is 0.0953. The molecule has 0 saturated heterocycles. The first-order chi connectivity index (χ1) is 17.5. The lowest BCUT2D eigenvalue weighted by Gasteiger charge is -2.10. The van der Waals surface area contributed by atoms with E-state index in [-0.39, 0.29) is 5.91 Å². The van der Waals surface area contributed by atoms with E-state index < -0.39 is 0 Å². The maximum Gasteiger partial charge on any atom is 0.251 e. The molecule has 1 aliphatic heterocycles. The molecule has 0 fully saturated rings. The number of nitrogens with zero attached hydrogens (tertiary/aromatic N) is 4. The summed E-state index contributed by atoms with van der Waals surface area (Å²) in [6, 6.07) is 14.8. The molecule has 1 amide bonds. The van der Waals surface area contributed by atoms with Crippen molar-refractivity contribution in [3.8, 4) is 5.00 Å². The van der Waals surface area contributed by atoms with Crippen LogP contribution < -0.4 is 5.32 Å². The molecule has 0 unspecified atom stereocenters. The molecule has 3 heterocycles. The van der Waals surface area contributed by atoms with Crippen molar-refractivity contribution in [1.29, 1.82) is 0 Å². The predicted molar refractivity (Wildman–Crippen MR) is 147 cm³/mol. The third-order valence-corrected chi connectivity index (χ3v) is 8.25. The molecule has 184 valence electrons. The summed E-state index contributed by atoms with van der Waals surface area (Å²) in [4.78, 5) is 18.6. The second kappa shape index (κ2) is 10.7. The first-order valence-corrected chi connectivity index (χ1v) is 13.5. The van der Waals surface area contributed by atoms with Crippen molar-refractivity contribution in [2.45, 2.75) is 32.7 Å². The number of nitrogens with one attached hydrogen (secondary N) is 1. The molecule has 6 nitrogen and oxygen atoms in total. The van der Waals surface area contributed by atoms with Gasteiger partial charge in [-0.1, -0.05) is 59.9 Å². The SMILES string of the molecule is CCc1cc2c(s1)-n1c(CCCNC(=O)c3ccc(Cl)c(Cl)c3)nnc1CN=C2c1ccccc1Cl. The number of hydrogen-bond acceptors (Lipinski definition) is 5. The number of hydrogen-bond donors (Lipinski definition) is 1. The maximum absolute atomic E-state index is 12.5. The summed E-state index contributed by atoms with van der Waals surface area (Å²) in [5, 5.41) is 14.3. The highest BCUT2D eigenvalue weighted by Gasteiger charge is 2.26. The van der Waals surface area contributed by atoms with Crippen molar-refractivity contribution < 1.29 is 4.79 Å². The third-order valence-electron chi connectivity index (χ3n) is 5.92. The van der Waals surface area contributed by atoms with E-state index in [1.807, 2.05) is 24.3 Å². The standard InChI is InChI=1S/C26H22Cl3N5OS/c1-2-16-13-18-24(17-6-3-4-7-19(17)27)31-14-23-33-32-22(34(23)26(18)36-16)8-5-11-30-25(35)15-9-10-20(28)21(29)12-15/h3-4,6-7,9-10,12-13H,2,5,8,11,14H2,1H3,(H,30,35). The number of aromatic nitrogens is 3. The van der Waals surface area contributed by atoms with E-state index in [4.69, 9.17) is 39.8 Å². The van der Waals surface area contributed by atoms with E-state index in [9.17, 15) is 4.79 Å². The number of amides is 1. The molecule has 10 heteroatoms. The largest absolute Gasteiger partial charge is 0.352 e. The van der Waals surface area contributed by atoms with Gasteiger partial charge in [0.25, 0.3) is 5.91 Å². The number of rotatable bonds is 7. The monoisotopic (exact) mass is 557 g/mol. The average Bonchev–Trinajstić information content (AvgIpc) is 3.45. The average molecular weight is 559 g/mol. The van der Waals surface area contributed by atoms with Crippen molar-refractivity contribution in [2.75, 3.05) is 6.54 Å². The van der Waals surface area contributed by atoms with Crippen molar-refractivity contribution in [1.82, 2.24) is 20.1 Å². The van der Waals surface area contributed by atoms with E-state index >= 15 is 0 Å². The number of carbonyl (C=O) groups excluding carboxylic acids is 1. The Balaban J connectivity index is 1.36. The van der Waals surface area contributed by atoms with Crippen LogP contribution in [0.25, 0.3) is 5.00 Å². The summed E-state index contributed by atoms with van der Waals surface area (Å²) in [6.07, 6.45) is 2.26. The molecule has 0 aliphatic carbocycles. The van der Waals surface area contributed by atoms with Gasteiger partial charge in [0.15, 0.2) is 5.82 Å². The smallest absolute Gasteiger partial charge is 0.251 e. The molecule has 1 N–H and O–H groups in total. The Morgan fingerprint density at radius 2 is 1.86 bits per heavy atom. The van der Waals surface area contributed by atoms with Gasteiger partial charge in [-0.05, 0) is 43.2 Å². The minimum atomic E-state index is -0.195. The van der Waals surface area contributed by atoms with Gasteiger partial charge in [-0.2, -0.15) is 0 Å². The van der Waals surface area contributed by atoms with Crippen LogP contribution in [-0.4, -0.2) is 32.9 Å². The Morgan fingerprint density at radius 3 is 2.64 bits per heavy atom. The highest BCUT2D eigenvalue weighted by molar-refractivity contribution is 7.15. The summed E-state index contributed by atoms with van der Waals surface area (Å²) in [5.74, 6) is 1.44. The Labute approximate surface area is 228 Å². The summed E-state index contributed by atoms with van der Waals surface area (Å²) < 4.78 is 2.12. The molecule has 0 atom stereocenters. The van der Waals surface area contributed by atoms with E-state index in [0.717, 1.165) is 39.9 Å². The number of benzene rings is 2. The van der Waals surface area contributed by atoms with Gasteiger partial charge in [-0.25, -0.2) is 0 Å². The zero-order valence-corrected chi connectivity index (χ0v) is 22.5. The summed E-state index contributed by atoms with van der Waals surface area (Å²) >= 11 is 20.2. The highest BCUT2D eigenvalue weighted by atomic mass is 35.5. The Kier molecular flexibility index (Phi) is 7.44. The van der Waals surface area contributed by atoms with Gasteiger partial charge in [0.2, 0.25) is 0 Å². The zero-order chi connectivity index (χ0) is 25.2. The Hall–Kier alpha value is -2.71. The Morgan fingerprint density at radius 1 is 1.03 bits per heavy atom. The Bertz CT molecular complexity index is 1480. The lowest BCUT2D eigenvalue weighted by Crippen LogP contribution is -2.25. The number of aryl methyl sites for hydroxylation is 2. The van der Waals surface area contributed by atoms with E-state index in [0.29, 0.717) is 46.6 Å². The fourth-order valence-corrected chi connectivity index (χ4v) is 5.76. The molecule has 0 bridgehead atoms. The van der Waals surface area contributed by atoms with Crippen LogP contribution in [0.2, 0.25) is 15.1 Å².